The molecule has 2 aromatic heterocycles. The van der Waals surface area contributed by atoms with E-state index in [0.29, 0.717) is 45.9 Å². The number of fused-ring (bicyclic) bond motifs is 2. The highest BCUT2D eigenvalue weighted by Gasteiger charge is 2.25. The summed E-state index contributed by atoms with van der Waals surface area (Å²) in [5.41, 5.74) is 11.9. The molecule has 0 radical (unpaired) electrons. The van der Waals surface area contributed by atoms with Gasteiger partial charge in [0.15, 0.2) is 5.65 Å². The lowest BCUT2D eigenvalue weighted by Crippen LogP contribution is -2.24. The summed E-state index contributed by atoms with van der Waals surface area (Å²) in [6.07, 6.45) is 0. The molecule has 0 aliphatic heterocycles. The molecule has 0 saturated heterocycles. The number of aromatic nitrogens is 3. The Bertz CT molecular complexity index is 1540. The van der Waals surface area contributed by atoms with Crippen LogP contribution in [0, 0.1) is 6.92 Å². The van der Waals surface area contributed by atoms with Crippen molar-refractivity contribution in [2.75, 3.05) is 20.0 Å². The second-order valence-electron chi connectivity index (χ2n) is 8.22. The van der Waals surface area contributed by atoms with E-state index in [1.54, 1.807) is 24.9 Å². The minimum absolute atomic E-state index is 0.229. The van der Waals surface area contributed by atoms with E-state index in [9.17, 15) is 4.79 Å². The third-order valence-electron chi connectivity index (χ3n) is 5.89. The molecule has 1 amide bonds. The molecule has 0 saturated carbocycles. The molecule has 0 bridgehead atoms. The summed E-state index contributed by atoms with van der Waals surface area (Å²) in [5.74, 6) is 1.07. The first-order valence-electron chi connectivity index (χ1n) is 11.1. The predicted molar refractivity (Wildman–Crippen MR) is 136 cm³/mol. The molecule has 35 heavy (non-hydrogen) atoms. The van der Waals surface area contributed by atoms with Crippen LogP contribution >= 0.6 is 0 Å². The highest BCUT2D eigenvalue weighted by atomic mass is 16.5. The number of methoxy groups -OCH3 is 2. The number of carbonyl (C=O) groups is 1. The lowest BCUT2D eigenvalue weighted by atomic mass is 10.1. The number of ether oxygens (including phenoxy) is 2. The monoisotopic (exact) mass is 467 g/mol. The lowest BCUT2D eigenvalue weighted by molar-refractivity contribution is 0.0953. The standard InChI is InChI=1S/C27H25N5O3/c1-16-8-10-17(11-9-16)15-29-27(33)23-24-26(31-22-7-5-4-6-21(22)30-24)32(25(23)28)18-12-19(34-2)14-20(13-18)35-3/h4-14H,15,28H2,1-3H3,(H,29,33). The van der Waals surface area contributed by atoms with Gasteiger partial charge in [0, 0.05) is 24.7 Å². The van der Waals surface area contributed by atoms with Gasteiger partial charge in [-0.3, -0.25) is 9.36 Å². The van der Waals surface area contributed by atoms with E-state index in [-0.39, 0.29) is 17.3 Å². The molecule has 8 nitrogen and oxygen atoms in total. The molecule has 5 aromatic rings. The number of nitrogens with two attached hydrogens (primary N) is 1. The number of nitrogen functional groups attached to an aromatic ring is 1. The Kier molecular flexibility index (Phi) is 5.70. The van der Waals surface area contributed by atoms with Gasteiger partial charge in [-0.25, -0.2) is 9.97 Å². The zero-order valence-corrected chi connectivity index (χ0v) is 19.7. The summed E-state index contributed by atoms with van der Waals surface area (Å²) in [7, 11) is 3.15. The van der Waals surface area contributed by atoms with E-state index in [2.05, 4.69) is 5.32 Å². The molecule has 176 valence electrons. The van der Waals surface area contributed by atoms with Crippen LogP contribution in [0.2, 0.25) is 0 Å². The van der Waals surface area contributed by atoms with Crippen molar-refractivity contribution in [2.24, 2.45) is 0 Å². The van der Waals surface area contributed by atoms with Crippen LogP contribution < -0.4 is 20.5 Å². The Hall–Kier alpha value is -4.59. The molecule has 8 heteroatoms. The average Bonchev–Trinajstić information content (AvgIpc) is 3.16. The summed E-state index contributed by atoms with van der Waals surface area (Å²) in [4.78, 5) is 23.0. The van der Waals surface area contributed by atoms with Crippen LogP contribution in [0.25, 0.3) is 27.9 Å². The van der Waals surface area contributed by atoms with Gasteiger partial charge in [-0.1, -0.05) is 42.0 Å². The Balaban J connectivity index is 1.68. The van der Waals surface area contributed by atoms with Crippen molar-refractivity contribution >= 4 is 33.9 Å². The molecule has 2 heterocycles. The maximum Gasteiger partial charge on any atom is 0.257 e. The van der Waals surface area contributed by atoms with Crippen molar-refractivity contribution in [1.29, 1.82) is 0 Å². The van der Waals surface area contributed by atoms with E-state index < -0.39 is 0 Å². The molecule has 0 aliphatic rings. The molecule has 3 aromatic carbocycles. The van der Waals surface area contributed by atoms with Crippen LogP contribution in [-0.4, -0.2) is 34.7 Å². The number of nitrogens with zero attached hydrogens (tertiary/aromatic N) is 3. The van der Waals surface area contributed by atoms with Gasteiger partial charge in [0.25, 0.3) is 5.91 Å². The number of aryl methyl sites for hydroxylation is 1. The van der Waals surface area contributed by atoms with Gasteiger partial charge >= 0.3 is 0 Å². The zero-order chi connectivity index (χ0) is 24.5. The highest BCUT2D eigenvalue weighted by molar-refractivity contribution is 6.11. The maximum absolute atomic E-state index is 13.4. The van der Waals surface area contributed by atoms with Gasteiger partial charge in [-0.05, 0) is 24.6 Å². The second-order valence-corrected chi connectivity index (χ2v) is 8.22. The van der Waals surface area contributed by atoms with Gasteiger partial charge in [-0.2, -0.15) is 0 Å². The van der Waals surface area contributed by atoms with Crippen molar-refractivity contribution in [3.8, 4) is 17.2 Å². The molecule has 0 aliphatic carbocycles. The number of hydrogen-bond donors (Lipinski definition) is 2. The van der Waals surface area contributed by atoms with Crippen molar-refractivity contribution < 1.29 is 14.3 Å². The smallest absolute Gasteiger partial charge is 0.257 e. The molecule has 5 rings (SSSR count). The molecule has 0 spiro atoms. The summed E-state index contributed by atoms with van der Waals surface area (Å²) in [6, 6.07) is 20.9. The van der Waals surface area contributed by atoms with Gasteiger partial charge < -0.3 is 20.5 Å². The van der Waals surface area contributed by atoms with Gasteiger partial charge in [-0.15, -0.1) is 0 Å². The highest BCUT2D eigenvalue weighted by Crippen LogP contribution is 2.34. The molecule has 0 fully saturated rings. The molecule has 0 unspecified atom stereocenters. The van der Waals surface area contributed by atoms with E-state index in [1.165, 1.54) is 0 Å². The van der Waals surface area contributed by atoms with Crippen molar-refractivity contribution in [3.63, 3.8) is 0 Å². The van der Waals surface area contributed by atoms with E-state index in [4.69, 9.17) is 25.2 Å². The Morgan fingerprint density at radius 3 is 2.20 bits per heavy atom. The SMILES string of the molecule is COc1cc(OC)cc(-n2c(N)c(C(=O)NCc3ccc(C)cc3)c3nc4ccccc4nc32)c1. The number of rotatable bonds is 6. The fourth-order valence-electron chi connectivity index (χ4n) is 4.04. The number of hydrogen-bond acceptors (Lipinski definition) is 6. The van der Waals surface area contributed by atoms with Gasteiger partial charge in [0.05, 0.1) is 30.9 Å². The van der Waals surface area contributed by atoms with Crippen LogP contribution in [0.3, 0.4) is 0 Å². The average molecular weight is 468 g/mol. The summed E-state index contributed by atoms with van der Waals surface area (Å²) >= 11 is 0. The zero-order valence-electron chi connectivity index (χ0n) is 19.7. The third-order valence-corrected chi connectivity index (χ3v) is 5.89. The molecular formula is C27H25N5O3. The fraction of sp³-hybridized carbons (Fsp3) is 0.148. The quantitative estimate of drug-likeness (QED) is 0.383. The third kappa shape index (κ3) is 4.10. The minimum Gasteiger partial charge on any atom is -0.497 e. The number of amides is 1. The van der Waals surface area contributed by atoms with E-state index in [0.717, 1.165) is 11.1 Å². The maximum atomic E-state index is 13.4. The summed E-state index contributed by atoms with van der Waals surface area (Å²) in [6.45, 7) is 2.38. The fourth-order valence-corrected chi connectivity index (χ4v) is 4.04. The normalized spacial score (nSPS) is 11.1. The largest absolute Gasteiger partial charge is 0.497 e. The Morgan fingerprint density at radius 1 is 0.943 bits per heavy atom. The Morgan fingerprint density at radius 2 is 1.57 bits per heavy atom. The van der Waals surface area contributed by atoms with Crippen molar-refractivity contribution in [2.45, 2.75) is 13.5 Å². The van der Waals surface area contributed by atoms with Crippen LogP contribution in [0.5, 0.6) is 11.5 Å². The number of carbonyl (C=O) groups excluding carboxylic acids is 1. The number of anilines is 1. The van der Waals surface area contributed by atoms with Crippen molar-refractivity contribution in [1.82, 2.24) is 19.9 Å². The summed E-state index contributed by atoms with van der Waals surface area (Å²) in [5, 5.41) is 2.98. The van der Waals surface area contributed by atoms with Crippen LogP contribution in [-0.2, 0) is 6.54 Å². The minimum atomic E-state index is -0.328. The molecular weight excluding hydrogens is 442 g/mol. The van der Waals surface area contributed by atoms with Gasteiger partial charge in [0.2, 0.25) is 0 Å². The second kappa shape index (κ2) is 8.98. The number of para-hydroxylation sites is 2. The van der Waals surface area contributed by atoms with E-state index in [1.807, 2.05) is 67.6 Å². The topological polar surface area (TPSA) is 104 Å². The van der Waals surface area contributed by atoms with Gasteiger partial charge in [0.1, 0.15) is 28.4 Å². The molecule has 0 atom stereocenters. The number of benzene rings is 3. The van der Waals surface area contributed by atoms with Crippen LogP contribution in [0.15, 0.2) is 66.7 Å². The predicted octanol–water partition coefficient (Wildman–Crippen LogP) is 4.41. The molecule has 3 N–H and O–H groups in total. The first-order valence-corrected chi connectivity index (χ1v) is 11.1. The van der Waals surface area contributed by atoms with E-state index >= 15 is 0 Å². The first-order chi connectivity index (χ1) is 17.0. The van der Waals surface area contributed by atoms with Crippen LogP contribution in [0.1, 0.15) is 21.5 Å². The van der Waals surface area contributed by atoms with Crippen molar-refractivity contribution in [3.05, 3.63) is 83.4 Å². The Labute approximate surface area is 202 Å². The summed E-state index contributed by atoms with van der Waals surface area (Å²) < 4.78 is 12.6. The van der Waals surface area contributed by atoms with Crippen LogP contribution in [0.4, 0.5) is 5.82 Å². The lowest BCUT2D eigenvalue weighted by Gasteiger charge is -2.12. The number of nitrogens with one attached hydrogen (secondary N) is 1. The first kappa shape index (κ1) is 22.2.